The number of nitrogens with two attached hydrogens (primary N) is 2. The number of carbonyl (C=O) groups is 1. The first-order valence-corrected chi connectivity index (χ1v) is 6.09. The van der Waals surface area contributed by atoms with Crippen LogP contribution in [0.2, 0.25) is 0 Å². The summed E-state index contributed by atoms with van der Waals surface area (Å²) in [5.74, 6) is 5.19. The Bertz CT molecular complexity index is 440. The third-order valence-corrected chi connectivity index (χ3v) is 3.61. The fourth-order valence-corrected chi connectivity index (χ4v) is 2.17. The quantitative estimate of drug-likeness (QED) is 0.479. The van der Waals surface area contributed by atoms with Crippen molar-refractivity contribution in [1.82, 2.24) is 5.01 Å². The number of hydrogen-bond donors (Lipinski definition) is 2. The third-order valence-electron chi connectivity index (χ3n) is 3.61. The number of aryl methyl sites for hydroxylation is 2. The standard InChI is InChI=1S/C14H23N3O/c1-8-6-9(2)11(4)12(10(8)3)7-13(15)14(18)17(5)16/h6,13H,7,15-16H2,1-5H3. The van der Waals surface area contributed by atoms with Gasteiger partial charge in [-0.05, 0) is 61.9 Å². The van der Waals surface area contributed by atoms with Crippen molar-refractivity contribution in [3.8, 4) is 0 Å². The van der Waals surface area contributed by atoms with E-state index in [0.717, 1.165) is 10.6 Å². The van der Waals surface area contributed by atoms with Crippen molar-refractivity contribution in [3.63, 3.8) is 0 Å². The number of nitrogens with zero attached hydrogens (tertiary/aromatic N) is 1. The van der Waals surface area contributed by atoms with E-state index in [1.54, 1.807) is 0 Å². The van der Waals surface area contributed by atoms with Gasteiger partial charge in [0.2, 0.25) is 0 Å². The summed E-state index contributed by atoms with van der Waals surface area (Å²) < 4.78 is 0. The van der Waals surface area contributed by atoms with Crippen molar-refractivity contribution in [2.45, 2.75) is 40.2 Å². The van der Waals surface area contributed by atoms with Crippen molar-refractivity contribution in [2.24, 2.45) is 11.6 Å². The Hall–Kier alpha value is -1.39. The summed E-state index contributed by atoms with van der Waals surface area (Å²) in [5.41, 5.74) is 12.0. The van der Waals surface area contributed by atoms with E-state index in [9.17, 15) is 4.79 Å². The van der Waals surface area contributed by atoms with Crippen molar-refractivity contribution in [3.05, 3.63) is 33.9 Å². The predicted octanol–water partition coefficient (Wildman–Crippen LogP) is 1.12. The first-order valence-electron chi connectivity index (χ1n) is 6.09. The van der Waals surface area contributed by atoms with E-state index < -0.39 is 6.04 Å². The number of likely N-dealkylation sites (N-methyl/N-ethyl adjacent to an activating group) is 1. The zero-order valence-corrected chi connectivity index (χ0v) is 11.9. The lowest BCUT2D eigenvalue weighted by atomic mass is 9.90. The number of hydrazine groups is 1. The molecule has 0 saturated carbocycles. The molecule has 1 rings (SSSR count). The number of hydrogen-bond acceptors (Lipinski definition) is 3. The van der Waals surface area contributed by atoms with Crippen LogP contribution in [0, 0.1) is 27.7 Å². The van der Waals surface area contributed by atoms with Crippen molar-refractivity contribution >= 4 is 5.91 Å². The number of benzene rings is 1. The molecular weight excluding hydrogens is 226 g/mol. The second-order valence-electron chi connectivity index (χ2n) is 5.00. The lowest BCUT2D eigenvalue weighted by Gasteiger charge is -2.20. The van der Waals surface area contributed by atoms with Gasteiger partial charge in [0.25, 0.3) is 5.91 Å². The van der Waals surface area contributed by atoms with Crippen LogP contribution in [0.5, 0.6) is 0 Å². The highest BCUT2D eigenvalue weighted by atomic mass is 16.2. The molecule has 1 atom stereocenters. The normalized spacial score (nSPS) is 12.4. The smallest absolute Gasteiger partial charge is 0.253 e. The van der Waals surface area contributed by atoms with E-state index in [1.807, 2.05) is 0 Å². The molecule has 0 spiro atoms. The van der Waals surface area contributed by atoms with Crippen LogP contribution in [0.25, 0.3) is 0 Å². The molecule has 0 radical (unpaired) electrons. The van der Waals surface area contributed by atoms with Gasteiger partial charge < -0.3 is 5.73 Å². The molecule has 4 nitrogen and oxygen atoms in total. The van der Waals surface area contributed by atoms with Gasteiger partial charge in [0.15, 0.2) is 0 Å². The molecule has 0 aliphatic heterocycles. The van der Waals surface area contributed by atoms with Crippen LogP contribution in [0.4, 0.5) is 0 Å². The monoisotopic (exact) mass is 249 g/mol. The molecule has 0 fully saturated rings. The minimum atomic E-state index is -0.585. The maximum absolute atomic E-state index is 11.7. The zero-order valence-electron chi connectivity index (χ0n) is 11.9. The molecule has 1 aromatic carbocycles. The van der Waals surface area contributed by atoms with Crippen molar-refractivity contribution < 1.29 is 4.79 Å². The van der Waals surface area contributed by atoms with Gasteiger partial charge in [-0.15, -0.1) is 0 Å². The molecule has 0 aliphatic rings. The van der Waals surface area contributed by atoms with Gasteiger partial charge in [-0.2, -0.15) is 0 Å². The van der Waals surface area contributed by atoms with E-state index in [0.29, 0.717) is 6.42 Å². The molecule has 0 aromatic heterocycles. The summed E-state index contributed by atoms with van der Waals surface area (Å²) in [6.45, 7) is 8.29. The number of rotatable bonds is 3. The fourth-order valence-electron chi connectivity index (χ4n) is 2.17. The molecule has 4 heteroatoms. The van der Waals surface area contributed by atoms with Gasteiger partial charge in [0, 0.05) is 7.05 Å². The molecule has 100 valence electrons. The third kappa shape index (κ3) is 2.89. The van der Waals surface area contributed by atoms with E-state index in [4.69, 9.17) is 11.6 Å². The van der Waals surface area contributed by atoms with Gasteiger partial charge in [0.1, 0.15) is 0 Å². The second-order valence-corrected chi connectivity index (χ2v) is 5.00. The molecular formula is C14H23N3O. The maximum atomic E-state index is 11.7. The maximum Gasteiger partial charge on any atom is 0.253 e. The van der Waals surface area contributed by atoms with E-state index >= 15 is 0 Å². The Morgan fingerprint density at radius 2 is 1.67 bits per heavy atom. The van der Waals surface area contributed by atoms with Crippen LogP contribution in [0.15, 0.2) is 6.07 Å². The molecule has 1 aromatic rings. The average molecular weight is 249 g/mol. The molecule has 18 heavy (non-hydrogen) atoms. The summed E-state index contributed by atoms with van der Waals surface area (Å²) in [6.07, 6.45) is 0.528. The molecule has 1 unspecified atom stereocenters. The van der Waals surface area contributed by atoms with Crippen LogP contribution in [0.3, 0.4) is 0 Å². The SMILES string of the molecule is Cc1cc(C)c(C)c(CC(N)C(=O)N(C)N)c1C. The minimum Gasteiger partial charge on any atom is -0.320 e. The van der Waals surface area contributed by atoms with Crippen molar-refractivity contribution in [2.75, 3.05) is 7.05 Å². The van der Waals surface area contributed by atoms with Crippen LogP contribution in [0.1, 0.15) is 27.8 Å². The second kappa shape index (κ2) is 5.50. The summed E-state index contributed by atoms with van der Waals surface area (Å²) in [5, 5.41) is 1.05. The summed E-state index contributed by atoms with van der Waals surface area (Å²) in [7, 11) is 1.52. The fraction of sp³-hybridized carbons (Fsp3) is 0.500. The first kappa shape index (κ1) is 14.7. The van der Waals surface area contributed by atoms with E-state index in [1.165, 1.54) is 29.3 Å². The Balaban J connectivity index is 3.08. The first-order chi connectivity index (χ1) is 8.25. The van der Waals surface area contributed by atoms with Gasteiger partial charge in [-0.25, -0.2) is 5.84 Å². The van der Waals surface area contributed by atoms with Crippen LogP contribution in [-0.4, -0.2) is 24.0 Å². The highest BCUT2D eigenvalue weighted by Crippen LogP contribution is 2.22. The van der Waals surface area contributed by atoms with E-state index in [-0.39, 0.29) is 5.91 Å². The molecule has 0 aliphatic carbocycles. The van der Waals surface area contributed by atoms with Gasteiger partial charge in [-0.1, -0.05) is 6.07 Å². The van der Waals surface area contributed by atoms with Gasteiger partial charge in [-0.3, -0.25) is 9.80 Å². The number of amides is 1. The van der Waals surface area contributed by atoms with Crippen LogP contribution >= 0.6 is 0 Å². The Morgan fingerprint density at radius 1 is 1.22 bits per heavy atom. The molecule has 0 bridgehead atoms. The largest absolute Gasteiger partial charge is 0.320 e. The van der Waals surface area contributed by atoms with Gasteiger partial charge >= 0.3 is 0 Å². The number of carbonyl (C=O) groups excluding carboxylic acids is 1. The highest BCUT2D eigenvalue weighted by molar-refractivity contribution is 5.81. The Morgan fingerprint density at radius 3 is 2.06 bits per heavy atom. The van der Waals surface area contributed by atoms with Gasteiger partial charge in [0.05, 0.1) is 6.04 Å². The molecule has 0 heterocycles. The van der Waals surface area contributed by atoms with Crippen molar-refractivity contribution in [1.29, 1.82) is 0 Å². The molecule has 1 amide bonds. The minimum absolute atomic E-state index is 0.243. The topological polar surface area (TPSA) is 72.4 Å². The lowest BCUT2D eigenvalue weighted by molar-refractivity contribution is -0.131. The molecule has 4 N–H and O–H groups in total. The summed E-state index contributed by atoms with van der Waals surface area (Å²) in [4.78, 5) is 11.7. The zero-order chi connectivity index (χ0) is 14.0. The average Bonchev–Trinajstić information content (AvgIpc) is 2.30. The van der Waals surface area contributed by atoms with Crippen LogP contribution < -0.4 is 11.6 Å². The van der Waals surface area contributed by atoms with Crippen LogP contribution in [-0.2, 0) is 11.2 Å². The Labute approximate surface area is 109 Å². The highest BCUT2D eigenvalue weighted by Gasteiger charge is 2.19. The molecule has 0 saturated heterocycles. The van der Waals surface area contributed by atoms with E-state index in [2.05, 4.69) is 33.8 Å². The lowest BCUT2D eigenvalue weighted by Crippen LogP contribution is -2.46. The summed E-state index contributed by atoms with van der Waals surface area (Å²) >= 11 is 0. The Kier molecular flexibility index (Phi) is 4.48. The predicted molar refractivity (Wildman–Crippen MR) is 74.0 cm³/mol. The summed E-state index contributed by atoms with van der Waals surface area (Å²) in [6, 6.07) is 1.58.